The van der Waals surface area contributed by atoms with E-state index in [0.717, 1.165) is 12.8 Å². The highest BCUT2D eigenvalue weighted by molar-refractivity contribution is 7.99. The molecule has 3 heterocycles. The van der Waals surface area contributed by atoms with E-state index in [1.807, 2.05) is 4.90 Å². The quantitative estimate of drug-likeness (QED) is 0.307. The Morgan fingerprint density at radius 1 is 1.22 bits per heavy atom. The van der Waals surface area contributed by atoms with Crippen molar-refractivity contribution in [3.8, 4) is 0 Å². The molecule has 0 saturated carbocycles. The van der Waals surface area contributed by atoms with Crippen molar-refractivity contribution in [2.75, 3.05) is 19.5 Å². The van der Waals surface area contributed by atoms with E-state index < -0.39 is 53.1 Å². The van der Waals surface area contributed by atoms with Crippen LogP contribution in [0.4, 0.5) is 4.39 Å². The smallest absolute Gasteiger partial charge is 0.396 e. The molecule has 0 spiro atoms. The van der Waals surface area contributed by atoms with Crippen LogP contribution in [0.15, 0.2) is 13.6 Å². The first kappa shape index (κ1) is 30.4. The largest absolute Gasteiger partial charge is 0.519 e. The number of aryl methyl sites for hydroxylation is 1. The van der Waals surface area contributed by atoms with E-state index in [4.69, 9.17) is 25.2 Å². The minimum Gasteiger partial charge on any atom is -0.396 e. The molecule has 0 bridgehead atoms. The molecule has 13 heteroatoms. The van der Waals surface area contributed by atoms with Crippen molar-refractivity contribution in [2.24, 2.45) is 5.92 Å². The molecule has 10 nitrogen and oxygen atoms in total. The third kappa shape index (κ3) is 7.49. The third-order valence-electron chi connectivity index (χ3n) is 7.34. The van der Waals surface area contributed by atoms with Crippen LogP contribution in [-0.2, 0) is 16.1 Å². The summed E-state index contributed by atoms with van der Waals surface area (Å²) in [5.41, 5.74) is -0.809. The second-order valence-electron chi connectivity index (χ2n) is 9.87. The summed E-state index contributed by atoms with van der Waals surface area (Å²) in [6.45, 7) is 3.57. The highest BCUT2D eigenvalue weighted by atomic mass is 35.5. The Hall–Kier alpha value is -1.15. The second kappa shape index (κ2) is 13.8. The first-order chi connectivity index (χ1) is 17.6. The van der Waals surface area contributed by atoms with E-state index in [-0.39, 0.29) is 25.0 Å². The average Bonchev–Trinajstić information content (AvgIpc) is 3.04. The predicted molar refractivity (Wildman–Crippen MR) is 136 cm³/mol. The lowest BCUT2D eigenvalue weighted by Gasteiger charge is -2.44. The van der Waals surface area contributed by atoms with Gasteiger partial charge in [-0.15, -0.1) is 23.4 Å². The third-order valence-corrected chi connectivity index (χ3v) is 8.47. The number of hydrogen-bond acceptors (Lipinski definition) is 10. The molecule has 2 fully saturated rings. The van der Waals surface area contributed by atoms with Crippen molar-refractivity contribution in [1.29, 1.82) is 0 Å². The van der Waals surface area contributed by atoms with Crippen LogP contribution in [0.25, 0.3) is 0 Å². The molecule has 4 N–H and O–H groups in total. The Balaban J connectivity index is 1.81. The van der Waals surface area contributed by atoms with E-state index >= 15 is 0 Å². The number of amides is 1. The van der Waals surface area contributed by atoms with Gasteiger partial charge in [0, 0.05) is 0 Å². The number of nitrogens with zero attached hydrogens (tertiary/aromatic N) is 1. The predicted octanol–water partition coefficient (Wildman–Crippen LogP) is 1.54. The van der Waals surface area contributed by atoms with Crippen molar-refractivity contribution >= 4 is 29.3 Å². The van der Waals surface area contributed by atoms with E-state index in [9.17, 15) is 29.3 Å². The second-order valence-corrected chi connectivity index (χ2v) is 11.5. The van der Waals surface area contributed by atoms with Crippen LogP contribution in [-0.4, -0.2) is 92.9 Å². The number of ether oxygens (including phenoxy) is 1. The number of carbonyl (C=O) groups is 1. The minimum atomic E-state index is -1.47. The molecule has 0 aliphatic carbocycles. The van der Waals surface area contributed by atoms with Crippen molar-refractivity contribution in [3.05, 3.63) is 22.1 Å². The average molecular weight is 569 g/mol. The van der Waals surface area contributed by atoms with Gasteiger partial charge in [0.2, 0.25) is 5.91 Å². The zero-order valence-corrected chi connectivity index (χ0v) is 22.9. The van der Waals surface area contributed by atoms with Gasteiger partial charge in [-0.2, -0.15) is 0 Å². The number of thioether (sulfide) groups is 1. The van der Waals surface area contributed by atoms with Crippen LogP contribution < -0.4 is 11.1 Å². The molecule has 2 saturated heterocycles. The SMILES string of the molecule is CSC1OC(C(NC(=O)C2CCC(CCCF)CCN2Cc2oc(=O)oc2C)C(C)Cl)C(O)C(O)C1O. The number of nitrogens with one attached hydrogen (secondary N) is 1. The number of halogens is 2. The molecular weight excluding hydrogens is 531 g/mol. The molecule has 1 aromatic rings. The Labute approximate surface area is 224 Å². The summed E-state index contributed by atoms with van der Waals surface area (Å²) < 4.78 is 28.8. The Kier molecular flexibility index (Phi) is 11.3. The van der Waals surface area contributed by atoms with E-state index in [2.05, 4.69) is 5.32 Å². The Morgan fingerprint density at radius 3 is 2.54 bits per heavy atom. The molecule has 0 radical (unpaired) electrons. The summed E-state index contributed by atoms with van der Waals surface area (Å²) in [6.07, 6.45) is -0.458. The van der Waals surface area contributed by atoms with Crippen LogP contribution in [0.2, 0.25) is 0 Å². The van der Waals surface area contributed by atoms with Gasteiger partial charge in [-0.1, -0.05) is 0 Å². The highest BCUT2D eigenvalue weighted by Gasteiger charge is 2.48. The lowest BCUT2D eigenvalue weighted by atomic mass is 9.92. The van der Waals surface area contributed by atoms with Gasteiger partial charge >= 0.3 is 5.82 Å². The van der Waals surface area contributed by atoms with Crippen molar-refractivity contribution in [1.82, 2.24) is 10.2 Å². The molecule has 9 atom stereocenters. The molecule has 212 valence electrons. The summed E-state index contributed by atoms with van der Waals surface area (Å²) >= 11 is 7.61. The fraction of sp³-hybridized carbons (Fsp3) is 0.833. The van der Waals surface area contributed by atoms with Crippen molar-refractivity contribution in [3.63, 3.8) is 0 Å². The molecule has 2 aliphatic rings. The standard InChI is InChI=1S/C24H38ClFN2O8S/c1-12(25)17(21-19(30)18(29)20(31)23(36-21)37-3)27-22(32)15-7-6-14(5-4-9-26)8-10-28(15)11-16-13(2)34-24(33)35-16/h12,14-15,17-21,23,29-31H,4-11H2,1-3H3,(H,27,32). The lowest BCUT2D eigenvalue weighted by Crippen LogP contribution is -2.65. The lowest BCUT2D eigenvalue weighted by molar-refractivity contribution is -0.205. The van der Waals surface area contributed by atoms with Gasteiger partial charge < -0.3 is 34.2 Å². The van der Waals surface area contributed by atoms with Gasteiger partial charge in [-0.25, -0.2) is 4.79 Å². The number of aliphatic hydroxyl groups excluding tert-OH is 3. The maximum absolute atomic E-state index is 13.7. The van der Waals surface area contributed by atoms with Gasteiger partial charge in [-0.05, 0) is 64.7 Å². The molecule has 37 heavy (non-hydrogen) atoms. The Bertz CT molecular complexity index is 931. The van der Waals surface area contributed by atoms with E-state index in [0.29, 0.717) is 37.3 Å². The number of likely N-dealkylation sites (tertiary alicyclic amines) is 1. The fourth-order valence-corrected chi connectivity index (χ4v) is 6.04. The van der Waals surface area contributed by atoms with Crippen LogP contribution in [0, 0.1) is 12.8 Å². The topological polar surface area (TPSA) is 146 Å². The monoisotopic (exact) mass is 568 g/mol. The summed E-state index contributed by atoms with van der Waals surface area (Å²) in [7, 11) is 0. The summed E-state index contributed by atoms with van der Waals surface area (Å²) in [6, 6.07) is -1.50. The van der Waals surface area contributed by atoms with Gasteiger partial charge in [0.1, 0.15) is 35.6 Å². The molecular formula is C24H38ClFN2O8S. The Morgan fingerprint density at radius 2 is 1.95 bits per heavy atom. The first-order valence-electron chi connectivity index (χ1n) is 12.6. The van der Waals surface area contributed by atoms with Gasteiger partial charge in [0.25, 0.3) is 0 Å². The van der Waals surface area contributed by atoms with Crippen LogP contribution in [0.1, 0.15) is 50.5 Å². The van der Waals surface area contributed by atoms with Gasteiger partial charge in [0.05, 0.1) is 30.7 Å². The van der Waals surface area contributed by atoms with Crippen LogP contribution in [0.3, 0.4) is 0 Å². The summed E-state index contributed by atoms with van der Waals surface area (Å²) in [5, 5.41) is 33.5. The van der Waals surface area contributed by atoms with Crippen LogP contribution in [0.5, 0.6) is 0 Å². The van der Waals surface area contributed by atoms with Crippen molar-refractivity contribution < 1.29 is 38.1 Å². The molecule has 3 rings (SSSR count). The number of hydrogen-bond donors (Lipinski definition) is 4. The molecule has 1 amide bonds. The molecule has 2 aliphatic heterocycles. The van der Waals surface area contributed by atoms with Crippen molar-refractivity contribution in [2.45, 2.75) is 99.8 Å². The first-order valence-corrected chi connectivity index (χ1v) is 14.4. The maximum Gasteiger partial charge on any atom is 0.519 e. The molecule has 9 unspecified atom stereocenters. The number of carbonyl (C=O) groups excluding carboxylic acids is 1. The van der Waals surface area contributed by atoms with Crippen LogP contribution >= 0.6 is 23.4 Å². The van der Waals surface area contributed by atoms with E-state index in [1.165, 1.54) is 11.8 Å². The normalized spacial score (nSPS) is 33.0. The molecule has 0 aromatic carbocycles. The summed E-state index contributed by atoms with van der Waals surface area (Å²) in [5.74, 6) is -0.252. The van der Waals surface area contributed by atoms with Gasteiger partial charge in [0.15, 0.2) is 5.76 Å². The number of aliphatic hydroxyl groups is 3. The maximum atomic E-state index is 13.7. The highest BCUT2D eigenvalue weighted by Crippen LogP contribution is 2.31. The minimum absolute atomic E-state index is 0.175. The van der Waals surface area contributed by atoms with E-state index in [1.54, 1.807) is 20.1 Å². The molecule has 1 aromatic heterocycles. The number of alkyl halides is 2. The zero-order valence-electron chi connectivity index (χ0n) is 21.3. The number of rotatable bonds is 10. The van der Waals surface area contributed by atoms with Gasteiger partial charge in [-0.3, -0.25) is 14.1 Å². The fourth-order valence-electron chi connectivity index (χ4n) is 5.15. The zero-order chi connectivity index (χ0) is 27.3. The summed E-state index contributed by atoms with van der Waals surface area (Å²) in [4.78, 5) is 27.2.